The Hall–Kier alpha value is -3.80. The van der Waals surface area contributed by atoms with Crippen molar-refractivity contribution < 1.29 is 18.4 Å². The number of anilines is 1. The predicted molar refractivity (Wildman–Crippen MR) is 120 cm³/mol. The minimum absolute atomic E-state index is 0.145. The smallest absolute Gasteiger partial charge is 0.278 e. The van der Waals surface area contributed by atoms with Crippen LogP contribution in [-0.2, 0) is 16.0 Å². The number of halogens is 2. The van der Waals surface area contributed by atoms with Crippen LogP contribution in [0.15, 0.2) is 72.4 Å². The lowest BCUT2D eigenvalue weighted by molar-refractivity contribution is -0.136. The van der Waals surface area contributed by atoms with E-state index in [2.05, 4.69) is 5.32 Å². The zero-order valence-corrected chi connectivity index (χ0v) is 17.8. The van der Waals surface area contributed by atoms with Gasteiger partial charge in [0.25, 0.3) is 11.8 Å². The number of aryl methyl sites for hydroxylation is 1. The third-order valence-electron chi connectivity index (χ3n) is 5.70. The molecule has 0 aromatic heterocycles. The van der Waals surface area contributed by atoms with E-state index in [1.807, 2.05) is 32.0 Å². The highest BCUT2D eigenvalue weighted by Crippen LogP contribution is 2.32. The number of nitrogens with one attached hydrogen (secondary N) is 1. The van der Waals surface area contributed by atoms with Crippen molar-refractivity contribution in [2.45, 2.75) is 20.3 Å². The topological polar surface area (TPSA) is 49.4 Å². The maximum Gasteiger partial charge on any atom is 0.278 e. The number of benzene rings is 3. The van der Waals surface area contributed by atoms with Crippen LogP contribution in [0, 0.1) is 25.5 Å². The van der Waals surface area contributed by atoms with Crippen molar-refractivity contribution in [3.63, 3.8) is 0 Å². The SMILES string of the molecule is Cc1cccc(NC2=C(c3ccc(F)cc3)C(=O)N(CCc3ccc(F)cc3)C2=O)c1C. The number of hydrogen-bond acceptors (Lipinski definition) is 3. The number of nitrogens with zero attached hydrogens (tertiary/aromatic N) is 1. The summed E-state index contributed by atoms with van der Waals surface area (Å²) in [7, 11) is 0. The lowest BCUT2D eigenvalue weighted by Gasteiger charge is -2.16. The molecule has 1 aliphatic rings. The Labute approximate surface area is 185 Å². The number of rotatable bonds is 6. The lowest BCUT2D eigenvalue weighted by Crippen LogP contribution is -2.34. The van der Waals surface area contributed by atoms with Gasteiger partial charge in [0.05, 0.1) is 5.57 Å². The molecular weight excluding hydrogens is 410 g/mol. The second-order valence-corrected chi connectivity index (χ2v) is 7.77. The van der Waals surface area contributed by atoms with E-state index < -0.39 is 17.6 Å². The van der Waals surface area contributed by atoms with E-state index in [1.54, 1.807) is 12.1 Å². The van der Waals surface area contributed by atoms with Gasteiger partial charge in [0.15, 0.2) is 0 Å². The minimum atomic E-state index is -0.448. The van der Waals surface area contributed by atoms with Gasteiger partial charge in [0.1, 0.15) is 17.3 Å². The first-order valence-electron chi connectivity index (χ1n) is 10.3. The van der Waals surface area contributed by atoms with E-state index in [4.69, 9.17) is 0 Å². The van der Waals surface area contributed by atoms with Crippen LogP contribution in [0.25, 0.3) is 5.57 Å². The van der Waals surface area contributed by atoms with Crippen LogP contribution < -0.4 is 5.32 Å². The summed E-state index contributed by atoms with van der Waals surface area (Å²) in [5.41, 5.74) is 4.37. The molecule has 1 heterocycles. The fourth-order valence-corrected chi connectivity index (χ4v) is 3.69. The predicted octanol–water partition coefficient (Wildman–Crippen LogP) is 5.02. The van der Waals surface area contributed by atoms with Gasteiger partial charge in [0.2, 0.25) is 0 Å². The normalized spacial score (nSPS) is 13.8. The van der Waals surface area contributed by atoms with Crippen LogP contribution in [0.1, 0.15) is 22.3 Å². The summed E-state index contributed by atoms with van der Waals surface area (Å²) < 4.78 is 26.7. The Kier molecular flexibility index (Phi) is 5.86. The van der Waals surface area contributed by atoms with Gasteiger partial charge in [-0.2, -0.15) is 0 Å². The quantitative estimate of drug-likeness (QED) is 0.557. The molecule has 0 spiro atoms. The molecule has 0 saturated heterocycles. The third-order valence-corrected chi connectivity index (χ3v) is 5.70. The van der Waals surface area contributed by atoms with Gasteiger partial charge in [-0.25, -0.2) is 8.78 Å². The van der Waals surface area contributed by atoms with Crippen LogP contribution in [0.4, 0.5) is 14.5 Å². The Morgan fingerprint density at radius 2 is 1.44 bits per heavy atom. The van der Waals surface area contributed by atoms with Gasteiger partial charge in [0, 0.05) is 12.2 Å². The highest BCUT2D eigenvalue weighted by Gasteiger charge is 2.39. The lowest BCUT2D eigenvalue weighted by atomic mass is 10.0. The number of carbonyl (C=O) groups is 2. The average Bonchev–Trinajstić information content (AvgIpc) is 3.01. The van der Waals surface area contributed by atoms with Gasteiger partial charge in [-0.15, -0.1) is 0 Å². The van der Waals surface area contributed by atoms with E-state index >= 15 is 0 Å². The van der Waals surface area contributed by atoms with Crippen LogP contribution in [-0.4, -0.2) is 23.3 Å². The van der Waals surface area contributed by atoms with Crippen LogP contribution in [0.5, 0.6) is 0 Å². The Bertz CT molecular complexity index is 1220. The molecule has 0 bridgehead atoms. The van der Waals surface area contributed by atoms with E-state index in [-0.39, 0.29) is 23.6 Å². The molecular formula is C26H22F2N2O2. The third kappa shape index (κ3) is 4.17. The minimum Gasteiger partial charge on any atom is -0.350 e. The first kappa shape index (κ1) is 21.4. The van der Waals surface area contributed by atoms with Crippen molar-refractivity contribution in [3.8, 4) is 0 Å². The van der Waals surface area contributed by atoms with Crippen molar-refractivity contribution in [2.75, 3.05) is 11.9 Å². The maximum atomic E-state index is 13.5. The zero-order valence-electron chi connectivity index (χ0n) is 17.8. The van der Waals surface area contributed by atoms with Crippen LogP contribution in [0.2, 0.25) is 0 Å². The van der Waals surface area contributed by atoms with Crippen LogP contribution in [0.3, 0.4) is 0 Å². The van der Waals surface area contributed by atoms with Crippen molar-refractivity contribution in [1.29, 1.82) is 0 Å². The molecule has 3 aromatic carbocycles. The Balaban J connectivity index is 1.68. The van der Waals surface area contributed by atoms with Crippen molar-refractivity contribution in [3.05, 3.63) is 106 Å². The number of carbonyl (C=O) groups excluding carboxylic acids is 2. The highest BCUT2D eigenvalue weighted by molar-refractivity contribution is 6.36. The second kappa shape index (κ2) is 8.75. The van der Waals surface area contributed by atoms with Gasteiger partial charge in [-0.3, -0.25) is 14.5 Å². The molecule has 4 rings (SSSR count). The van der Waals surface area contributed by atoms with E-state index in [0.29, 0.717) is 12.0 Å². The highest BCUT2D eigenvalue weighted by atomic mass is 19.1. The van der Waals surface area contributed by atoms with Gasteiger partial charge >= 0.3 is 0 Å². The van der Waals surface area contributed by atoms with Gasteiger partial charge < -0.3 is 5.32 Å². The Morgan fingerprint density at radius 3 is 2.09 bits per heavy atom. The molecule has 1 N–H and O–H groups in total. The summed E-state index contributed by atoms with van der Waals surface area (Å²) in [4.78, 5) is 27.8. The molecule has 1 aliphatic heterocycles. The molecule has 0 unspecified atom stereocenters. The van der Waals surface area contributed by atoms with E-state index in [9.17, 15) is 18.4 Å². The summed E-state index contributed by atoms with van der Waals surface area (Å²) >= 11 is 0. The number of hydrogen-bond donors (Lipinski definition) is 1. The van der Waals surface area contributed by atoms with Gasteiger partial charge in [-0.05, 0) is 72.9 Å². The fraction of sp³-hybridized carbons (Fsp3) is 0.154. The molecule has 4 nitrogen and oxygen atoms in total. The molecule has 0 saturated carbocycles. The maximum absolute atomic E-state index is 13.5. The summed E-state index contributed by atoms with van der Waals surface area (Å²) in [6.07, 6.45) is 0.394. The van der Waals surface area contributed by atoms with Crippen LogP contribution >= 0.6 is 0 Å². The molecule has 0 fully saturated rings. The van der Waals surface area contributed by atoms with Crippen molar-refractivity contribution >= 4 is 23.1 Å². The number of imide groups is 1. The molecule has 6 heteroatoms. The Morgan fingerprint density at radius 1 is 0.812 bits per heavy atom. The molecule has 0 aliphatic carbocycles. The fourth-order valence-electron chi connectivity index (χ4n) is 3.69. The molecule has 0 radical (unpaired) electrons. The summed E-state index contributed by atoms with van der Waals surface area (Å²) in [5, 5.41) is 3.15. The first-order valence-corrected chi connectivity index (χ1v) is 10.3. The second-order valence-electron chi connectivity index (χ2n) is 7.77. The zero-order chi connectivity index (χ0) is 22.8. The molecule has 32 heavy (non-hydrogen) atoms. The summed E-state index contributed by atoms with van der Waals surface area (Å²) in [5.74, 6) is -1.67. The average molecular weight is 432 g/mol. The molecule has 162 valence electrons. The van der Waals surface area contributed by atoms with E-state index in [1.165, 1.54) is 41.3 Å². The monoisotopic (exact) mass is 432 g/mol. The first-order chi connectivity index (χ1) is 15.3. The summed E-state index contributed by atoms with van der Waals surface area (Å²) in [6.45, 7) is 4.04. The van der Waals surface area contributed by atoms with E-state index in [0.717, 1.165) is 22.4 Å². The summed E-state index contributed by atoms with van der Waals surface area (Å²) in [6, 6.07) is 17.1. The van der Waals surface area contributed by atoms with Crippen molar-refractivity contribution in [1.82, 2.24) is 4.90 Å². The van der Waals surface area contributed by atoms with Crippen molar-refractivity contribution in [2.24, 2.45) is 0 Å². The van der Waals surface area contributed by atoms with Gasteiger partial charge in [-0.1, -0.05) is 36.4 Å². The molecule has 2 amide bonds. The molecule has 0 atom stereocenters. The largest absolute Gasteiger partial charge is 0.350 e. The number of amides is 2. The molecule has 3 aromatic rings. The standard InChI is InChI=1S/C26H22F2N2O2/c1-16-4-3-5-22(17(16)2)29-24-23(19-8-12-21(28)13-9-19)25(31)30(26(24)32)15-14-18-6-10-20(27)11-7-18/h3-13,29H,14-15H2,1-2H3.